The standard InChI is InChI=1S/C13H20N4/c1-3-10(2)17-11(9-14)8-12(15)13(17)16-6-4-5-7-16/h8,10H,3-7,15H2,1-2H3/t10-/m0/s1. The van der Waals surface area contributed by atoms with Crippen LogP contribution in [0.25, 0.3) is 0 Å². The van der Waals surface area contributed by atoms with Gasteiger partial charge < -0.3 is 15.2 Å². The van der Waals surface area contributed by atoms with E-state index in [0.717, 1.165) is 31.0 Å². The van der Waals surface area contributed by atoms with Crippen LogP contribution in [0.5, 0.6) is 0 Å². The van der Waals surface area contributed by atoms with Crippen LogP contribution in [0, 0.1) is 11.3 Å². The summed E-state index contributed by atoms with van der Waals surface area (Å²) in [5.74, 6) is 1.05. The van der Waals surface area contributed by atoms with E-state index in [1.165, 1.54) is 12.8 Å². The molecule has 1 aliphatic heterocycles. The number of rotatable bonds is 3. The van der Waals surface area contributed by atoms with Gasteiger partial charge in [0.25, 0.3) is 0 Å². The first-order chi connectivity index (χ1) is 8.19. The van der Waals surface area contributed by atoms with Gasteiger partial charge in [-0.25, -0.2) is 0 Å². The molecule has 1 aromatic rings. The fraction of sp³-hybridized carbons (Fsp3) is 0.615. The Kier molecular flexibility index (Phi) is 3.28. The lowest BCUT2D eigenvalue weighted by atomic mass is 10.2. The van der Waals surface area contributed by atoms with Gasteiger partial charge >= 0.3 is 0 Å². The zero-order valence-corrected chi connectivity index (χ0v) is 10.6. The summed E-state index contributed by atoms with van der Waals surface area (Å²) in [6.45, 7) is 6.38. The van der Waals surface area contributed by atoms with Gasteiger partial charge in [0, 0.05) is 19.1 Å². The summed E-state index contributed by atoms with van der Waals surface area (Å²) in [6, 6.07) is 4.37. The lowest BCUT2D eigenvalue weighted by Gasteiger charge is -2.24. The number of anilines is 2. The van der Waals surface area contributed by atoms with Gasteiger partial charge in [0.1, 0.15) is 17.6 Å². The quantitative estimate of drug-likeness (QED) is 0.871. The van der Waals surface area contributed by atoms with E-state index in [9.17, 15) is 5.26 Å². The fourth-order valence-electron chi connectivity index (χ4n) is 2.51. The Labute approximate surface area is 103 Å². The lowest BCUT2D eigenvalue weighted by molar-refractivity contribution is 0.526. The molecule has 0 unspecified atom stereocenters. The molecule has 2 N–H and O–H groups in total. The average molecular weight is 232 g/mol. The third-order valence-electron chi connectivity index (χ3n) is 3.59. The monoisotopic (exact) mass is 232 g/mol. The van der Waals surface area contributed by atoms with E-state index in [1.807, 2.05) is 0 Å². The molecule has 1 atom stereocenters. The van der Waals surface area contributed by atoms with Crippen molar-refractivity contribution in [3.63, 3.8) is 0 Å². The molecule has 1 fully saturated rings. The zero-order chi connectivity index (χ0) is 12.4. The van der Waals surface area contributed by atoms with E-state index >= 15 is 0 Å². The van der Waals surface area contributed by atoms with Crippen LogP contribution in [-0.4, -0.2) is 17.7 Å². The molecule has 0 radical (unpaired) electrons. The summed E-state index contributed by atoms with van der Waals surface area (Å²) in [5.41, 5.74) is 7.50. The maximum absolute atomic E-state index is 9.20. The molecule has 1 saturated heterocycles. The summed E-state index contributed by atoms with van der Waals surface area (Å²) < 4.78 is 2.10. The molecule has 0 aliphatic carbocycles. The van der Waals surface area contributed by atoms with Gasteiger partial charge in [-0.3, -0.25) is 0 Å². The van der Waals surface area contributed by atoms with Crippen molar-refractivity contribution in [1.29, 1.82) is 5.26 Å². The highest BCUT2D eigenvalue weighted by Crippen LogP contribution is 2.34. The topological polar surface area (TPSA) is 58.0 Å². The highest BCUT2D eigenvalue weighted by atomic mass is 15.3. The van der Waals surface area contributed by atoms with E-state index in [2.05, 4.69) is 29.4 Å². The van der Waals surface area contributed by atoms with Crippen molar-refractivity contribution in [2.24, 2.45) is 0 Å². The molecule has 4 heteroatoms. The Bertz CT molecular complexity index is 435. The number of nitriles is 1. The van der Waals surface area contributed by atoms with E-state index < -0.39 is 0 Å². The average Bonchev–Trinajstić information content (AvgIpc) is 2.94. The van der Waals surface area contributed by atoms with Crippen LogP contribution in [0.1, 0.15) is 44.8 Å². The molecule has 4 nitrogen and oxygen atoms in total. The molecule has 0 bridgehead atoms. The van der Waals surface area contributed by atoms with Crippen LogP contribution in [0.4, 0.5) is 11.5 Å². The Hall–Kier alpha value is -1.63. The number of nitrogens with zero attached hydrogens (tertiary/aromatic N) is 3. The minimum absolute atomic E-state index is 0.317. The first kappa shape index (κ1) is 11.8. The summed E-state index contributed by atoms with van der Waals surface area (Å²) in [4.78, 5) is 2.31. The molecule has 1 aliphatic rings. The number of nitrogens with two attached hydrogens (primary N) is 1. The third-order valence-corrected chi connectivity index (χ3v) is 3.59. The first-order valence-corrected chi connectivity index (χ1v) is 6.34. The third kappa shape index (κ3) is 1.97. The van der Waals surface area contributed by atoms with E-state index in [1.54, 1.807) is 6.07 Å². The van der Waals surface area contributed by atoms with E-state index in [-0.39, 0.29) is 0 Å². The van der Waals surface area contributed by atoms with Gasteiger partial charge in [0.05, 0.1) is 5.69 Å². The second-order valence-corrected chi connectivity index (χ2v) is 4.74. The van der Waals surface area contributed by atoms with E-state index in [0.29, 0.717) is 11.7 Å². The lowest BCUT2D eigenvalue weighted by Crippen LogP contribution is -2.24. The highest BCUT2D eigenvalue weighted by molar-refractivity contribution is 5.68. The maximum Gasteiger partial charge on any atom is 0.133 e. The van der Waals surface area contributed by atoms with Crippen LogP contribution in [0.3, 0.4) is 0 Å². The van der Waals surface area contributed by atoms with Gasteiger partial charge in [0.2, 0.25) is 0 Å². The second-order valence-electron chi connectivity index (χ2n) is 4.74. The second kappa shape index (κ2) is 4.70. The van der Waals surface area contributed by atoms with Crippen molar-refractivity contribution in [3.8, 4) is 6.07 Å². The normalized spacial score (nSPS) is 17.1. The molecular weight excluding hydrogens is 212 g/mol. The van der Waals surface area contributed by atoms with Gasteiger partial charge in [-0.05, 0) is 32.3 Å². The van der Waals surface area contributed by atoms with Crippen LogP contribution >= 0.6 is 0 Å². The van der Waals surface area contributed by atoms with Gasteiger partial charge in [-0.15, -0.1) is 0 Å². The van der Waals surface area contributed by atoms with Crippen LogP contribution < -0.4 is 10.6 Å². The molecule has 0 saturated carbocycles. The van der Waals surface area contributed by atoms with Crippen molar-refractivity contribution < 1.29 is 0 Å². The molecule has 17 heavy (non-hydrogen) atoms. The summed E-state index contributed by atoms with van der Waals surface area (Å²) in [7, 11) is 0. The Morgan fingerprint density at radius 2 is 2.12 bits per heavy atom. The smallest absolute Gasteiger partial charge is 0.133 e. The minimum Gasteiger partial charge on any atom is -0.396 e. The number of hydrogen-bond donors (Lipinski definition) is 1. The largest absolute Gasteiger partial charge is 0.396 e. The van der Waals surface area contributed by atoms with Crippen molar-refractivity contribution in [2.45, 2.75) is 39.2 Å². The van der Waals surface area contributed by atoms with E-state index in [4.69, 9.17) is 5.73 Å². The summed E-state index contributed by atoms with van der Waals surface area (Å²) in [5, 5.41) is 9.20. The van der Waals surface area contributed by atoms with Crippen LogP contribution in [0.15, 0.2) is 6.07 Å². The highest BCUT2D eigenvalue weighted by Gasteiger charge is 2.23. The first-order valence-electron chi connectivity index (χ1n) is 6.34. The van der Waals surface area contributed by atoms with Crippen molar-refractivity contribution in [3.05, 3.63) is 11.8 Å². The van der Waals surface area contributed by atoms with Crippen molar-refractivity contribution in [2.75, 3.05) is 23.7 Å². The summed E-state index contributed by atoms with van der Waals surface area (Å²) >= 11 is 0. The van der Waals surface area contributed by atoms with Crippen molar-refractivity contribution in [1.82, 2.24) is 4.57 Å². The molecular formula is C13H20N4. The molecule has 2 rings (SSSR count). The number of hydrogen-bond acceptors (Lipinski definition) is 3. The summed E-state index contributed by atoms with van der Waals surface area (Å²) in [6.07, 6.45) is 3.43. The molecule has 2 heterocycles. The fourth-order valence-corrected chi connectivity index (χ4v) is 2.51. The maximum atomic E-state index is 9.20. The predicted molar refractivity (Wildman–Crippen MR) is 70.0 cm³/mol. The number of nitrogen functional groups attached to an aromatic ring is 1. The Balaban J connectivity index is 2.48. The van der Waals surface area contributed by atoms with Crippen LogP contribution in [0.2, 0.25) is 0 Å². The minimum atomic E-state index is 0.317. The molecule has 0 aromatic carbocycles. The van der Waals surface area contributed by atoms with Gasteiger partial charge in [0.15, 0.2) is 0 Å². The SMILES string of the molecule is CC[C@H](C)n1c(C#N)cc(N)c1N1CCCC1. The van der Waals surface area contributed by atoms with Crippen LogP contribution in [-0.2, 0) is 0 Å². The number of aromatic nitrogens is 1. The molecule has 92 valence electrons. The molecule has 0 amide bonds. The molecule has 1 aromatic heterocycles. The predicted octanol–water partition coefficient (Wildman–Crippen LogP) is 2.51. The zero-order valence-electron chi connectivity index (χ0n) is 10.6. The Morgan fingerprint density at radius 1 is 1.47 bits per heavy atom. The van der Waals surface area contributed by atoms with Gasteiger partial charge in [-0.1, -0.05) is 6.92 Å². The molecule has 0 spiro atoms. The van der Waals surface area contributed by atoms with Crippen molar-refractivity contribution >= 4 is 11.5 Å². The Morgan fingerprint density at radius 3 is 2.65 bits per heavy atom. The van der Waals surface area contributed by atoms with Gasteiger partial charge in [-0.2, -0.15) is 5.26 Å².